The SMILES string of the molecule is Cc1ncncc1C(=O)N1CC[C@H](c2ncc(Cc3cccc(F)c3)o2)C1. The zero-order valence-electron chi connectivity index (χ0n) is 14.9. The summed E-state index contributed by atoms with van der Waals surface area (Å²) in [4.78, 5) is 26.9. The fourth-order valence-electron chi connectivity index (χ4n) is 3.36. The van der Waals surface area contributed by atoms with E-state index in [1.165, 1.54) is 18.5 Å². The van der Waals surface area contributed by atoms with E-state index < -0.39 is 0 Å². The molecule has 1 aromatic carbocycles. The molecule has 1 fully saturated rings. The van der Waals surface area contributed by atoms with Crippen LogP contribution in [0.5, 0.6) is 0 Å². The summed E-state index contributed by atoms with van der Waals surface area (Å²) in [6, 6.07) is 6.44. The fourth-order valence-corrected chi connectivity index (χ4v) is 3.36. The fraction of sp³-hybridized carbons (Fsp3) is 0.300. The predicted octanol–water partition coefficient (Wildman–Crippen LogP) is 3.13. The largest absolute Gasteiger partial charge is 0.445 e. The molecule has 2 aromatic heterocycles. The van der Waals surface area contributed by atoms with Gasteiger partial charge < -0.3 is 9.32 Å². The average molecular weight is 366 g/mol. The van der Waals surface area contributed by atoms with Crippen LogP contribution in [0.2, 0.25) is 0 Å². The van der Waals surface area contributed by atoms with E-state index >= 15 is 0 Å². The van der Waals surface area contributed by atoms with E-state index in [2.05, 4.69) is 15.0 Å². The van der Waals surface area contributed by atoms with Crippen LogP contribution in [-0.4, -0.2) is 38.8 Å². The summed E-state index contributed by atoms with van der Waals surface area (Å²) in [7, 11) is 0. The van der Waals surface area contributed by atoms with Crippen molar-refractivity contribution < 1.29 is 13.6 Å². The zero-order chi connectivity index (χ0) is 18.8. The van der Waals surface area contributed by atoms with Gasteiger partial charge in [-0.25, -0.2) is 19.3 Å². The number of carbonyl (C=O) groups excluding carboxylic acids is 1. The smallest absolute Gasteiger partial charge is 0.257 e. The quantitative estimate of drug-likeness (QED) is 0.709. The van der Waals surface area contributed by atoms with E-state index in [0.29, 0.717) is 42.4 Å². The number of nitrogens with zero attached hydrogens (tertiary/aromatic N) is 4. The molecule has 1 saturated heterocycles. The van der Waals surface area contributed by atoms with Gasteiger partial charge in [-0.2, -0.15) is 0 Å². The maximum atomic E-state index is 13.3. The van der Waals surface area contributed by atoms with Gasteiger partial charge in [-0.05, 0) is 31.0 Å². The van der Waals surface area contributed by atoms with Crippen molar-refractivity contribution in [1.29, 1.82) is 0 Å². The number of carbonyl (C=O) groups is 1. The molecule has 1 aliphatic heterocycles. The van der Waals surface area contributed by atoms with E-state index in [0.717, 1.165) is 12.0 Å². The van der Waals surface area contributed by atoms with Crippen LogP contribution in [-0.2, 0) is 6.42 Å². The second kappa shape index (κ2) is 7.26. The monoisotopic (exact) mass is 366 g/mol. The molecule has 4 rings (SSSR count). The molecule has 7 heteroatoms. The van der Waals surface area contributed by atoms with Gasteiger partial charge in [-0.15, -0.1) is 0 Å². The van der Waals surface area contributed by atoms with Crippen LogP contribution >= 0.6 is 0 Å². The minimum Gasteiger partial charge on any atom is -0.445 e. The molecular formula is C20H19FN4O2. The lowest BCUT2D eigenvalue weighted by Gasteiger charge is -2.16. The Morgan fingerprint density at radius 1 is 1.33 bits per heavy atom. The lowest BCUT2D eigenvalue weighted by Crippen LogP contribution is -2.29. The third kappa shape index (κ3) is 3.72. The molecule has 0 bridgehead atoms. The van der Waals surface area contributed by atoms with Crippen molar-refractivity contribution in [3.8, 4) is 0 Å². The lowest BCUT2D eigenvalue weighted by molar-refractivity contribution is 0.0788. The summed E-state index contributed by atoms with van der Waals surface area (Å²) in [6.07, 6.45) is 5.95. The Kier molecular flexibility index (Phi) is 4.66. The average Bonchev–Trinajstić information content (AvgIpc) is 3.31. The first-order valence-corrected chi connectivity index (χ1v) is 8.85. The number of aryl methyl sites for hydroxylation is 1. The summed E-state index contributed by atoms with van der Waals surface area (Å²) in [5, 5.41) is 0. The Morgan fingerprint density at radius 3 is 3.04 bits per heavy atom. The summed E-state index contributed by atoms with van der Waals surface area (Å²) >= 11 is 0. The molecule has 0 aliphatic carbocycles. The van der Waals surface area contributed by atoms with Crippen LogP contribution in [0.25, 0.3) is 0 Å². The molecular weight excluding hydrogens is 347 g/mol. The standard InChI is InChI=1S/C20H19FN4O2/c1-13-18(10-22-12-24-13)20(26)25-6-5-15(11-25)19-23-9-17(27-19)8-14-3-2-4-16(21)7-14/h2-4,7,9-10,12,15H,5-6,8,11H2,1H3/t15-/m0/s1. The normalized spacial score (nSPS) is 16.7. The molecule has 138 valence electrons. The molecule has 0 saturated carbocycles. The number of aromatic nitrogens is 3. The Balaban J connectivity index is 1.43. The molecule has 6 nitrogen and oxygen atoms in total. The highest BCUT2D eigenvalue weighted by Gasteiger charge is 2.31. The summed E-state index contributed by atoms with van der Waals surface area (Å²) in [6.45, 7) is 2.99. The zero-order valence-corrected chi connectivity index (χ0v) is 14.9. The van der Waals surface area contributed by atoms with Crippen molar-refractivity contribution in [2.45, 2.75) is 25.7 Å². The highest BCUT2D eigenvalue weighted by atomic mass is 19.1. The van der Waals surface area contributed by atoms with Crippen LogP contribution in [0, 0.1) is 12.7 Å². The summed E-state index contributed by atoms with van der Waals surface area (Å²) in [5.41, 5.74) is 2.03. The molecule has 27 heavy (non-hydrogen) atoms. The number of hydrogen-bond acceptors (Lipinski definition) is 5. The van der Waals surface area contributed by atoms with E-state index in [-0.39, 0.29) is 17.6 Å². The number of hydrogen-bond donors (Lipinski definition) is 0. The maximum Gasteiger partial charge on any atom is 0.257 e. The molecule has 3 aromatic rings. The van der Waals surface area contributed by atoms with Crippen LogP contribution in [0.4, 0.5) is 4.39 Å². The molecule has 1 amide bonds. The minimum atomic E-state index is -0.266. The van der Waals surface area contributed by atoms with Crippen molar-refractivity contribution in [3.63, 3.8) is 0 Å². The van der Waals surface area contributed by atoms with Gasteiger partial charge in [0.05, 0.1) is 23.4 Å². The molecule has 0 N–H and O–H groups in total. The minimum absolute atomic E-state index is 0.0557. The van der Waals surface area contributed by atoms with Gasteiger partial charge in [-0.1, -0.05) is 12.1 Å². The van der Waals surface area contributed by atoms with Crippen molar-refractivity contribution in [2.24, 2.45) is 0 Å². The molecule has 0 radical (unpaired) electrons. The highest BCUT2D eigenvalue weighted by Crippen LogP contribution is 2.28. The van der Waals surface area contributed by atoms with Crippen molar-refractivity contribution >= 4 is 5.91 Å². The van der Waals surface area contributed by atoms with Gasteiger partial charge in [0, 0.05) is 25.7 Å². The Morgan fingerprint density at radius 2 is 2.22 bits per heavy atom. The second-order valence-electron chi connectivity index (χ2n) is 6.73. The van der Waals surface area contributed by atoms with Crippen LogP contribution in [0.3, 0.4) is 0 Å². The molecule has 3 heterocycles. The van der Waals surface area contributed by atoms with Gasteiger partial charge in [0.15, 0.2) is 5.89 Å². The number of amides is 1. The number of oxazole rings is 1. The number of halogens is 1. The van der Waals surface area contributed by atoms with Crippen LogP contribution in [0.1, 0.15) is 45.6 Å². The van der Waals surface area contributed by atoms with Gasteiger partial charge in [0.2, 0.25) is 0 Å². The number of rotatable bonds is 4. The van der Waals surface area contributed by atoms with Crippen LogP contribution in [0.15, 0.2) is 47.4 Å². The van der Waals surface area contributed by atoms with E-state index in [1.54, 1.807) is 30.3 Å². The first-order chi connectivity index (χ1) is 13.1. The predicted molar refractivity (Wildman–Crippen MR) is 95.7 cm³/mol. The third-order valence-corrected chi connectivity index (χ3v) is 4.81. The van der Waals surface area contributed by atoms with E-state index in [9.17, 15) is 9.18 Å². The molecule has 0 unspecified atom stereocenters. The first-order valence-electron chi connectivity index (χ1n) is 8.85. The lowest BCUT2D eigenvalue weighted by atomic mass is 10.1. The number of likely N-dealkylation sites (tertiary alicyclic amines) is 1. The Labute approximate surface area is 156 Å². The van der Waals surface area contributed by atoms with E-state index in [4.69, 9.17) is 4.42 Å². The summed E-state index contributed by atoms with van der Waals surface area (Å²) in [5.74, 6) is 1.03. The van der Waals surface area contributed by atoms with Crippen molar-refractivity contribution in [2.75, 3.05) is 13.1 Å². The molecule has 1 atom stereocenters. The van der Waals surface area contributed by atoms with Gasteiger partial charge in [0.1, 0.15) is 17.9 Å². The van der Waals surface area contributed by atoms with Crippen molar-refractivity contribution in [1.82, 2.24) is 19.9 Å². The van der Waals surface area contributed by atoms with Crippen molar-refractivity contribution in [3.05, 3.63) is 77.3 Å². The van der Waals surface area contributed by atoms with Crippen LogP contribution < -0.4 is 0 Å². The molecule has 0 spiro atoms. The van der Waals surface area contributed by atoms with Gasteiger partial charge in [-0.3, -0.25) is 4.79 Å². The van der Waals surface area contributed by atoms with E-state index in [1.807, 2.05) is 6.07 Å². The molecule has 1 aliphatic rings. The summed E-state index contributed by atoms with van der Waals surface area (Å²) < 4.78 is 19.2. The maximum absolute atomic E-state index is 13.3. The third-order valence-electron chi connectivity index (χ3n) is 4.81. The van der Waals surface area contributed by atoms with Gasteiger partial charge >= 0.3 is 0 Å². The Bertz CT molecular complexity index is 972. The second-order valence-corrected chi connectivity index (χ2v) is 6.73. The Hall–Kier alpha value is -3.09. The first kappa shape index (κ1) is 17.3. The van der Waals surface area contributed by atoms with Gasteiger partial charge in [0.25, 0.3) is 5.91 Å². The topological polar surface area (TPSA) is 72.1 Å². The number of benzene rings is 1. The highest BCUT2D eigenvalue weighted by molar-refractivity contribution is 5.95.